The summed E-state index contributed by atoms with van der Waals surface area (Å²) in [5.41, 5.74) is 1.82. The van der Waals surface area contributed by atoms with Crippen LogP contribution in [0, 0.1) is 12.8 Å². The summed E-state index contributed by atoms with van der Waals surface area (Å²) in [5, 5.41) is 3.06. The normalized spacial score (nSPS) is 14.9. The first-order valence-electron chi connectivity index (χ1n) is 7.57. The van der Waals surface area contributed by atoms with E-state index >= 15 is 0 Å². The molecule has 1 rings (SSSR count). The van der Waals surface area contributed by atoms with Crippen molar-refractivity contribution in [2.24, 2.45) is 5.92 Å². The highest BCUT2D eigenvalue weighted by atomic mass is 32.2. The fraction of sp³-hybridized carbons (Fsp3) is 0.625. The van der Waals surface area contributed by atoms with Crippen LogP contribution in [0.15, 0.2) is 23.1 Å². The molecule has 0 aromatic heterocycles. The summed E-state index contributed by atoms with van der Waals surface area (Å²) in [4.78, 5) is 0.381. The fourth-order valence-electron chi connectivity index (χ4n) is 2.48. The second-order valence-electron chi connectivity index (χ2n) is 5.84. The van der Waals surface area contributed by atoms with Gasteiger partial charge in [0, 0.05) is 12.6 Å². The van der Waals surface area contributed by atoms with E-state index in [1.54, 1.807) is 12.1 Å². The molecule has 0 amide bonds. The van der Waals surface area contributed by atoms with Crippen molar-refractivity contribution < 1.29 is 8.42 Å². The number of sulfonamides is 1. The minimum absolute atomic E-state index is 0.0580. The second kappa shape index (κ2) is 7.92. The molecule has 1 aromatic carbocycles. The van der Waals surface area contributed by atoms with Gasteiger partial charge in [-0.25, -0.2) is 13.1 Å². The zero-order valence-electron chi connectivity index (χ0n) is 13.7. The Hall–Kier alpha value is -0.910. The average Bonchev–Trinajstić information content (AvgIpc) is 2.40. The van der Waals surface area contributed by atoms with Crippen LogP contribution < -0.4 is 10.0 Å². The minimum atomic E-state index is -3.46. The van der Waals surface area contributed by atoms with Gasteiger partial charge in [-0.1, -0.05) is 32.4 Å². The van der Waals surface area contributed by atoms with Crippen molar-refractivity contribution in [3.8, 4) is 0 Å². The van der Waals surface area contributed by atoms with Crippen LogP contribution in [-0.4, -0.2) is 21.5 Å². The lowest BCUT2D eigenvalue weighted by Crippen LogP contribution is -2.34. The maximum absolute atomic E-state index is 12.6. The first-order chi connectivity index (χ1) is 9.81. The first-order valence-corrected chi connectivity index (χ1v) is 9.05. The Balaban J connectivity index is 2.95. The Morgan fingerprint density at radius 3 is 2.48 bits per heavy atom. The van der Waals surface area contributed by atoms with Crippen molar-refractivity contribution >= 4 is 10.0 Å². The average molecular weight is 312 g/mol. The van der Waals surface area contributed by atoms with Crippen LogP contribution >= 0.6 is 0 Å². The fourth-order valence-corrected chi connectivity index (χ4v) is 4.02. The summed E-state index contributed by atoms with van der Waals surface area (Å²) in [6.07, 6.45) is 1.91. The summed E-state index contributed by atoms with van der Waals surface area (Å²) >= 11 is 0. The van der Waals surface area contributed by atoms with Crippen molar-refractivity contribution in [1.29, 1.82) is 0 Å². The minimum Gasteiger partial charge on any atom is -0.316 e. The van der Waals surface area contributed by atoms with Gasteiger partial charge < -0.3 is 5.32 Å². The predicted molar refractivity (Wildman–Crippen MR) is 87.8 cm³/mol. The highest BCUT2D eigenvalue weighted by molar-refractivity contribution is 7.89. The van der Waals surface area contributed by atoms with E-state index in [4.69, 9.17) is 0 Å². The van der Waals surface area contributed by atoms with Crippen molar-refractivity contribution in [2.75, 3.05) is 7.05 Å². The first kappa shape index (κ1) is 18.1. The maximum Gasteiger partial charge on any atom is 0.241 e. The van der Waals surface area contributed by atoms with Crippen LogP contribution in [0.3, 0.4) is 0 Å². The quantitative estimate of drug-likeness (QED) is 0.776. The smallest absolute Gasteiger partial charge is 0.241 e. The van der Waals surface area contributed by atoms with Crippen LogP contribution in [-0.2, 0) is 16.6 Å². The molecule has 1 aromatic rings. The van der Waals surface area contributed by atoms with Gasteiger partial charge in [0.25, 0.3) is 0 Å². The Morgan fingerprint density at radius 1 is 1.24 bits per heavy atom. The van der Waals surface area contributed by atoms with Gasteiger partial charge >= 0.3 is 0 Å². The van der Waals surface area contributed by atoms with E-state index in [2.05, 4.69) is 23.9 Å². The molecule has 5 heteroatoms. The molecule has 120 valence electrons. The van der Waals surface area contributed by atoms with E-state index in [-0.39, 0.29) is 6.04 Å². The molecule has 0 aliphatic carbocycles. The zero-order chi connectivity index (χ0) is 16.0. The molecule has 0 aliphatic heterocycles. The molecule has 0 bridgehead atoms. The van der Waals surface area contributed by atoms with Gasteiger partial charge in [-0.05, 0) is 50.4 Å². The Morgan fingerprint density at radius 2 is 1.90 bits per heavy atom. The van der Waals surface area contributed by atoms with Crippen molar-refractivity contribution in [3.63, 3.8) is 0 Å². The monoisotopic (exact) mass is 312 g/mol. The summed E-state index contributed by atoms with van der Waals surface area (Å²) < 4.78 is 27.9. The van der Waals surface area contributed by atoms with E-state index < -0.39 is 10.0 Å². The van der Waals surface area contributed by atoms with Crippen LogP contribution in [0.25, 0.3) is 0 Å². The lowest BCUT2D eigenvalue weighted by Gasteiger charge is -2.19. The van der Waals surface area contributed by atoms with Gasteiger partial charge in [-0.15, -0.1) is 0 Å². The Bertz CT molecular complexity index is 555. The van der Waals surface area contributed by atoms with Crippen LogP contribution in [0.1, 0.15) is 44.7 Å². The van der Waals surface area contributed by atoms with Crippen LogP contribution in [0.5, 0.6) is 0 Å². The molecule has 0 saturated heterocycles. The van der Waals surface area contributed by atoms with Crippen molar-refractivity contribution in [2.45, 2.75) is 58.0 Å². The molecule has 2 unspecified atom stereocenters. The van der Waals surface area contributed by atoms with Gasteiger partial charge in [0.2, 0.25) is 10.0 Å². The van der Waals surface area contributed by atoms with Crippen molar-refractivity contribution in [1.82, 2.24) is 10.0 Å². The third kappa shape index (κ3) is 5.09. The molecule has 0 saturated carbocycles. The number of nitrogens with one attached hydrogen (secondary N) is 2. The summed E-state index contributed by atoms with van der Waals surface area (Å²) in [6.45, 7) is 8.72. The van der Waals surface area contributed by atoms with E-state index in [9.17, 15) is 8.42 Å². The standard InChI is InChI=1S/C16H28N2O2S/c1-6-12(2)10-13(3)18-21(19,20)16-9-7-8-15(11-17-5)14(16)4/h7-9,12-13,17-18H,6,10-11H2,1-5H3. The molecule has 0 spiro atoms. The molecular weight excluding hydrogens is 284 g/mol. The number of hydrogen-bond acceptors (Lipinski definition) is 3. The zero-order valence-corrected chi connectivity index (χ0v) is 14.5. The van der Waals surface area contributed by atoms with E-state index in [1.807, 2.05) is 27.0 Å². The summed E-state index contributed by atoms with van der Waals surface area (Å²) in [6, 6.07) is 5.37. The van der Waals surface area contributed by atoms with Gasteiger partial charge in [0.05, 0.1) is 4.90 Å². The molecular formula is C16H28N2O2S. The highest BCUT2D eigenvalue weighted by Gasteiger charge is 2.21. The Kier molecular flexibility index (Phi) is 6.84. The van der Waals surface area contributed by atoms with E-state index in [0.29, 0.717) is 17.4 Å². The lowest BCUT2D eigenvalue weighted by molar-refractivity contribution is 0.445. The van der Waals surface area contributed by atoms with Gasteiger partial charge in [-0.2, -0.15) is 0 Å². The second-order valence-corrected chi connectivity index (χ2v) is 7.52. The Labute approximate surface area is 129 Å². The number of hydrogen-bond donors (Lipinski definition) is 2. The molecule has 2 atom stereocenters. The molecule has 21 heavy (non-hydrogen) atoms. The van der Waals surface area contributed by atoms with Crippen molar-refractivity contribution in [3.05, 3.63) is 29.3 Å². The molecule has 0 aliphatic rings. The molecule has 0 heterocycles. The van der Waals surface area contributed by atoms with Crippen LogP contribution in [0.2, 0.25) is 0 Å². The molecule has 2 N–H and O–H groups in total. The topological polar surface area (TPSA) is 58.2 Å². The highest BCUT2D eigenvalue weighted by Crippen LogP contribution is 2.20. The SMILES string of the molecule is CCC(C)CC(C)NS(=O)(=O)c1cccc(CNC)c1C. The van der Waals surface area contributed by atoms with E-state index in [1.165, 1.54) is 0 Å². The number of rotatable bonds is 8. The maximum atomic E-state index is 12.6. The predicted octanol–water partition coefficient (Wildman–Crippen LogP) is 2.82. The third-order valence-corrected chi connectivity index (χ3v) is 5.60. The molecule has 0 radical (unpaired) electrons. The third-order valence-electron chi connectivity index (χ3n) is 3.86. The van der Waals surface area contributed by atoms with Gasteiger partial charge in [0.1, 0.15) is 0 Å². The lowest BCUT2D eigenvalue weighted by atomic mass is 10.0. The molecule has 4 nitrogen and oxygen atoms in total. The van der Waals surface area contributed by atoms with E-state index in [0.717, 1.165) is 24.0 Å². The van der Waals surface area contributed by atoms with Crippen LogP contribution in [0.4, 0.5) is 0 Å². The largest absolute Gasteiger partial charge is 0.316 e. The molecule has 0 fully saturated rings. The van der Waals surface area contributed by atoms with Gasteiger partial charge in [0.15, 0.2) is 0 Å². The van der Waals surface area contributed by atoms with Gasteiger partial charge in [-0.3, -0.25) is 0 Å². The number of benzene rings is 1. The summed E-state index contributed by atoms with van der Waals surface area (Å²) in [7, 11) is -1.61. The summed E-state index contributed by atoms with van der Waals surface area (Å²) in [5.74, 6) is 0.513.